The lowest BCUT2D eigenvalue weighted by Crippen LogP contribution is -2.04. The molecule has 0 aromatic heterocycles. The van der Waals surface area contributed by atoms with Gasteiger partial charge in [-0.15, -0.1) is 0 Å². The summed E-state index contributed by atoms with van der Waals surface area (Å²) in [5.74, 6) is -2.65. The Morgan fingerprint density at radius 3 is 2.52 bits per heavy atom. The number of hydrogen-bond acceptors (Lipinski definition) is 3. The monoisotopic (exact) mass is 308 g/mol. The molecule has 2 rings (SSSR count). The van der Waals surface area contributed by atoms with Gasteiger partial charge in [0.2, 0.25) is 0 Å². The van der Waals surface area contributed by atoms with E-state index in [-0.39, 0.29) is 11.1 Å². The van der Waals surface area contributed by atoms with E-state index in [1.165, 1.54) is 30.3 Å². The van der Waals surface area contributed by atoms with Gasteiger partial charge in [0.05, 0.1) is 18.2 Å². The van der Waals surface area contributed by atoms with Crippen LogP contribution < -0.4 is 0 Å². The summed E-state index contributed by atoms with van der Waals surface area (Å²) in [5.41, 5.74) is 0.608. The highest BCUT2D eigenvalue weighted by Gasteiger charge is 2.15. The van der Waals surface area contributed by atoms with Crippen LogP contribution in [0.25, 0.3) is 11.1 Å². The molecule has 0 bridgehead atoms. The standard InChI is InChI=1S/C15H10ClFO4/c1-21-15(20)11-6-8(3-5-13(11)17)10-7-9(14(18)19)2-4-12(10)16/h2-7H,1H3,(H,18,19). The van der Waals surface area contributed by atoms with Gasteiger partial charge in [-0.1, -0.05) is 17.7 Å². The Bertz CT molecular complexity index is 728. The minimum atomic E-state index is -1.11. The molecular formula is C15H10ClFO4. The van der Waals surface area contributed by atoms with Gasteiger partial charge in [0.15, 0.2) is 0 Å². The Morgan fingerprint density at radius 1 is 1.19 bits per heavy atom. The van der Waals surface area contributed by atoms with Crippen LogP contribution in [-0.2, 0) is 4.74 Å². The van der Waals surface area contributed by atoms with Crippen LogP contribution in [0.5, 0.6) is 0 Å². The molecule has 0 aliphatic heterocycles. The fourth-order valence-electron chi connectivity index (χ4n) is 1.84. The molecule has 0 spiro atoms. The van der Waals surface area contributed by atoms with Gasteiger partial charge >= 0.3 is 11.9 Å². The first-order valence-electron chi connectivity index (χ1n) is 5.85. The second-order valence-corrected chi connectivity index (χ2v) is 4.59. The lowest BCUT2D eigenvalue weighted by molar-refractivity contribution is 0.0594. The maximum absolute atomic E-state index is 13.6. The summed E-state index contributed by atoms with van der Waals surface area (Å²) in [5, 5.41) is 9.29. The van der Waals surface area contributed by atoms with Gasteiger partial charge in [-0.25, -0.2) is 14.0 Å². The molecule has 0 saturated carbocycles. The lowest BCUT2D eigenvalue weighted by Gasteiger charge is -2.08. The SMILES string of the molecule is COC(=O)c1cc(-c2cc(C(=O)O)ccc2Cl)ccc1F. The summed E-state index contributed by atoms with van der Waals surface area (Å²) in [7, 11) is 1.15. The zero-order valence-corrected chi connectivity index (χ0v) is 11.6. The van der Waals surface area contributed by atoms with Crippen molar-refractivity contribution in [3.05, 3.63) is 58.4 Å². The van der Waals surface area contributed by atoms with Crippen molar-refractivity contribution in [2.45, 2.75) is 0 Å². The highest BCUT2D eigenvalue weighted by atomic mass is 35.5. The van der Waals surface area contributed by atoms with Crippen molar-refractivity contribution in [1.82, 2.24) is 0 Å². The van der Waals surface area contributed by atoms with E-state index in [0.29, 0.717) is 16.1 Å². The second-order valence-electron chi connectivity index (χ2n) is 4.19. The number of halogens is 2. The van der Waals surface area contributed by atoms with E-state index in [2.05, 4.69) is 4.74 Å². The summed E-state index contributed by atoms with van der Waals surface area (Å²) in [6, 6.07) is 7.94. The zero-order valence-electron chi connectivity index (χ0n) is 10.9. The van der Waals surface area contributed by atoms with Crippen molar-refractivity contribution in [2.24, 2.45) is 0 Å². The molecule has 0 amide bonds. The van der Waals surface area contributed by atoms with Gasteiger partial charge < -0.3 is 9.84 Å². The maximum Gasteiger partial charge on any atom is 0.340 e. The first kappa shape index (κ1) is 15.0. The molecule has 0 atom stereocenters. The Kier molecular flexibility index (Phi) is 4.23. The van der Waals surface area contributed by atoms with E-state index in [1.54, 1.807) is 0 Å². The summed E-state index contributed by atoms with van der Waals surface area (Å²) >= 11 is 6.04. The van der Waals surface area contributed by atoms with Crippen molar-refractivity contribution in [3.63, 3.8) is 0 Å². The van der Waals surface area contributed by atoms with Crippen LogP contribution in [0.1, 0.15) is 20.7 Å². The minimum absolute atomic E-state index is 0.0401. The van der Waals surface area contributed by atoms with Crippen molar-refractivity contribution >= 4 is 23.5 Å². The van der Waals surface area contributed by atoms with E-state index < -0.39 is 17.8 Å². The predicted molar refractivity (Wildman–Crippen MR) is 75.1 cm³/mol. The molecule has 0 saturated heterocycles. The molecule has 0 heterocycles. The highest BCUT2D eigenvalue weighted by Crippen LogP contribution is 2.30. The average molecular weight is 309 g/mol. The molecule has 108 valence electrons. The number of carbonyl (C=O) groups excluding carboxylic acids is 1. The normalized spacial score (nSPS) is 10.2. The number of esters is 1. The predicted octanol–water partition coefficient (Wildman–Crippen LogP) is 3.63. The molecule has 2 aromatic carbocycles. The molecule has 2 aromatic rings. The molecule has 4 nitrogen and oxygen atoms in total. The number of benzene rings is 2. The number of aromatic carboxylic acids is 1. The summed E-state index contributed by atoms with van der Waals surface area (Å²) < 4.78 is 18.1. The number of carbonyl (C=O) groups is 2. The topological polar surface area (TPSA) is 63.6 Å². The van der Waals surface area contributed by atoms with Crippen molar-refractivity contribution in [2.75, 3.05) is 7.11 Å². The molecule has 0 fully saturated rings. The quantitative estimate of drug-likeness (QED) is 0.879. The number of carboxylic acid groups (broad SMARTS) is 1. The van der Waals surface area contributed by atoms with E-state index in [0.717, 1.165) is 13.2 Å². The fraction of sp³-hybridized carbons (Fsp3) is 0.0667. The summed E-state index contributed by atoms with van der Waals surface area (Å²) in [6.07, 6.45) is 0. The van der Waals surface area contributed by atoms with Crippen LogP contribution in [0.4, 0.5) is 4.39 Å². The van der Waals surface area contributed by atoms with Crippen LogP contribution in [0.2, 0.25) is 5.02 Å². The van der Waals surface area contributed by atoms with Crippen LogP contribution >= 0.6 is 11.6 Å². The van der Waals surface area contributed by atoms with E-state index >= 15 is 0 Å². The van der Waals surface area contributed by atoms with Crippen LogP contribution in [0.3, 0.4) is 0 Å². The smallest absolute Gasteiger partial charge is 0.340 e. The third-order valence-electron chi connectivity index (χ3n) is 2.90. The minimum Gasteiger partial charge on any atom is -0.478 e. The molecule has 1 N–H and O–H groups in total. The van der Waals surface area contributed by atoms with Crippen LogP contribution in [0, 0.1) is 5.82 Å². The van der Waals surface area contributed by atoms with Gasteiger partial charge in [0.1, 0.15) is 5.82 Å². The molecule has 0 aliphatic carbocycles. The van der Waals surface area contributed by atoms with E-state index in [1.807, 2.05) is 0 Å². The van der Waals surface area contributed by atoms with Crippen LogP contribution in [-0.4, -0.2) is 24.2 Å². The number of methoxy groups -OCH3 is 1. The Morgan fingerprint density at radius 2 is 1.90 bits per heavy atom. The Balaban J connectivity index is 2.59. The number of rotatable bonds is 3. The lowest BCUT2D eigenvalue weighted by atomic mass is 10.0. The molecular weight excluding hydrogens is 299 g/mol. The Labute approximate surface area is 124 Å². The van der Waals surface area contributed by atoms with E-state index in [9.17, 15) is 14.0 Å². The first-order valence-corrected chi connectivity index (χ1v) is 6.23. The molecule has 0 aliphatic rings. The van der Waals surface area contributed by atoms with Gasteiger partial charge in [-0.05, 0) is 35.9 Å². The van der Waals surface area contributed by atoms with Gasteiger partial charge in [-0.2, -0.15) is 0 Å². The second kappa shape index (κ2) is 5.93. The molecule has 0 unspecified atom stereocenters. The first-order chi connectivity index (χ1) is 9.93. The number of ether oxygens (including phenoxy) is 1. The summed E-state index contributed by atoms with van der Waals surface area (Å²) in [6.45, 7) is 0. The third-order valence-corrected chi connectivity index (χ3v) is 3.23. The fourth-order valence-corrected chi connectivity index (χ4v) is 2.07. The van der Waals surface area contributed by atoms with Gasteiger partial charge in [-0.3, -0.25) is 0 Å². The molecule has 21 heavy (non-hydrogen) atoms. The van der Waals surface area contributed by atoms with Crippen molar-refractivity contribution in [3.8, 4) is 11.1 Å². The molecule has 6 heteroatoms. The largest absolute Gasteiger partial charge is 0.478 e. The van der Waals surface area contributed by atoms with Gasteiger partial charge in [0.25, 0.3) is 0 Å². The molecule has 0 radical (unpaired) electrons. The van der Waals surface area contributed by atoms with E-state index in [4.69, 9.17) is 16.7 Å². The number of carboxylic acids is 1. The third kappa shape index (κ3) is 3.03. The number of hydrogen-bond donors (Lipinski definition) is 1. The average Bonchev–Trinajstić information content (AvgIpc) is 2.47. The van der Waals surface area contributed by atoms with Gasteiger partial charge in [0, 0.05) is 10.6 Å². The highest BCUT2D eigenvalue weighted by molar-refractivity contribution is 6.33. The Hall–Kier alpha value is -2.40. The maximum atomic E-state index is 13.6. The van der Waals surface area contributed by atoms with Crippen molar-refractivity contribution < 1.29 is 23.8 Å². The zero-order chi connectivity index (χ0) is 15.6. The van der Waals surface area contributed by atoms with Crippen molar-refractivity contribution in [1.29, 1.82) is 0 Å². The van der Waals surface area contributed by atoms with Crippen LogP contribution in [0.15, 0.2) is 36.4 Å². The summed E-state index contributed by atoms with van der Waals surface area (Å²) in [4.78, 5) is 22.5.